The number of oxime groups is 1. The number of fused-ring (bicyclic) bond motifs is 2. The Morgan fingerprint density at radius 3 is 2.94 bits per heavy atom. The average molecular weight is 458 g/mol. The molecule has 10 heteroatoms. The molecular formula is C23H26N2O8. The molecule has 0 radical (unpaired) electrons. The van der Waals surface area contributed by atoms with Gasteiger partial charge in [-0.3, -0.25) is 4.79 Å². The Labute approximate surface area is 190 Å². The van der Waals surface area contributed by atoms with Gasteiger partial charge in [0.2, 0.25) is 5.91 Å². The number of carbonyl (C=O) groups excluding carboxylic acids is 2. The highest BCUT2D eigenvalue weighted by Gasteiger charge is 2.48. The summed E-state index contributed by atoms with van der Waals surface area (Å²) in [6, 6.07) is 4.55. The van der Waals surface area contributed by atoms with Crippen LogP contribution in [0.15, 0.2) is 53.9 Å². The van der Waals surface area contributed by atoms with Crippen molar-refractivity contribution < 1.29 is 39.2 Å². The first kappa shape index (κ1) is 24.2. The number of phenolic OH excluding ortho intramolecular Hbond substituents is 1. The second kappa shape index (κ2) is 11.4. The van der Waals surface area contributed by atoms with Gasteiger partial charge in [-0.25, -0.2) is 4.79 Å². The maximum Gasteiger partial charge on any atom is 0.342 e. The molecule has 0 spiro atoms. The first-order valence-electron chi connectivity index (χ1n) is 10.3. The number of benzene rings is 1. The van der Waals surface area contributed by atoms with Crippen molar-refractivity contribution in [2.45, 2.75) is 43.4 Å². The molecule has 4 N–H and O–H groups in total. The Morgan fingerprint density at radius 1 is 1.33 bits per heavy atom. The lowest BCUT2D eigenvalue weighted by Crippen LogP contribution is -2.30. The van der Waals surface area contributed by atoms with Gasteiger partial charge in [0.25, 0.3) is 0 Å². The summed E-state index contributed by atoms with van der Waals surface area (Å²) in [7, 11) is 1.38. The SMILES string of the molecule is CO/N=C/C=C\C(=O)N/C=C/CC1CC(O)[C@@H]2O[C@@H]2C(O)/C=C/c2cccc(O)c2C(=O)O1. The highest BCUT2D eigenvalue weighted by Crippen LogP contribution is 2.33. The summed E-state index contributed by atoms with van der Waals surface area (Å²) >= 11 is 0. The summed E-state index contributed by atoms with van der Waals surface area (Å²) in [6.07, 6.45) is 6.20. The predicted molar refractivity (Wildman–Crippen MR) is 118 cm³/mol. The van der Waals surface area contributed by atoms with Crippen LogP contribution in [0.5, 0.6) is 5.75 Å². The van der Waals surface area contributed by atoms with E-state index < -0.39 is 42.4 Å². The van der Waals surface area contributed by atoms with Crippen molar-refractivity contribution in [2.24, 2.45) is 5.16 Å². The molecule has 0 aromatic heterocycles. The van der Waals surface area contributed by atoms with Gasteiger partial charge < -0.3 is 34.9 Å². The summed E-state index contributed by atoms with van der Waals surface area (Å²) in [6.45, 7) is 0. The van der Waals surface area contributed by atoms with Crippen LogP contribution >= 0.6 is 0 Å². The van der Waals surface area contributed by atoms with Gasteiger partial charge in [-0.1, -0.05) is 35.5 Å². The molecule has 1 aromatic rings. The van der Waals surface area contributed by atoms with E-state index in [1.165, 1.54) is 49.9 Å². The lowest BCUT2D eigenvalue weighted by molar-refractivity contribution is -0.115. The molecule has 10 nitrogen and oxygen atoms in total. The number of nitrogens with zero attached hydrogens (tertiary/aromatic N) is 1. The monoisotopic (exact) mass is 458 g/mol. The largest absolute Gasteiger partial charge is 0.507 e. The van der Waals surface area contributed by atoms with Gasteiger partial charge in [0.15, 0.2) is 0 Å². The van der Waals surface area contributed by atoms with Crippen LogP contribution in [-0.2, 0) is 19.1 Å². The molecule has 0 bridgehead atoms. The van der Waals surface area contributed by atoms with Crippen molar-refractivity contribution >= 4 is 24.2 Å². The minimum atomic E-state index is -0.981. The van der Waals surface area contributed by atoms with Gasteiger partial charge >= 0.3 is 5.97 Å². The van der Waals surface area contributed by atoms with E-state index in [-0.39, 0.29) is 24.2 Å². The van der Waals surface area contributed by atoms with Crippen molar-refractivity contribution in [1.29, 1.82) is 0 Å². The molecule has 3 rings (SSSR count). The number of hydrogen-bond acceptors (Lipinski definition) is 9. The van der Waals surface area contributed by atoms with E-state index in [0.29, 0.717) is 5.56 Å². The Kier molecular flexibility index (Phi) is 8.36. The van der Waals surface area contributed by atoms with Gasteiger partial charge in [-0.15, -0.1) is 0 Å². The smallest absolute Gasteiger partial charge is 0.342 e. The molecule has 176 valence electrons. The fourth-order valence-corrected chi connectivity index (χ4v) is 3.39. The number of cyclic esters (lactones) is 1. The molecule has 2 aliphatic heterocycles. The molecule has 1 saturated heterocycles. The van der Waals surface area contributed by atoms with Crippen LogP contribution < -0.4 is 5.32 Å². The van der Waals surface area contributed by atoms with Crippen molar-refractivity contribution in [2.75, 3.05) is 7.11 Å². The minimum absolute atomic E-state index is 0.0396. The number of esters is 1. The van der Waals surface area contributed by atoms with Gasteiger partial charge in [-0.05, 0) is 17.7 Å². The molecule has 5 atom stereocenters. The molecule has 1 aromatic carbocycles. The quantitative estimate of drug-likeness (QED) is 0.162. The number of epoxide rings is 1. The molecule has 2 heterocycles. The maximum atomic E-state index is 12.8. The lowest BCUT2D eigenvalue weighted by atomic mass is 10.00. The molecule has 1 fully saturated rings. The number of aliphatic hydroxyl groups is 2. The van der Waals surface area contributed by atoms with Gasteiger partial charge in [0, 0.05) is 25.1 Å². The van der Waals surface area contributed by atoms with E-state index >= 15 is 0 Å². The number of nitrogens with one attached hydrogen (secondary N) is 1. The summed E-state index contributed by atoms with van der Waals surface area (Å²) in [4.78, 5) is 29.0. The van der Waals surface area contributed by atoms with Gasteiger partial charge in [0.1, 0.15) is 42.8 Å². The number of phenols is 1. The standard InChI is InChI=1S/C23H26N2O8/c1-31-25-12-4-8-19(29)24-11-3-6-15-13-18(28)22-21(33-22)17(27)10-9-14-5-2-7-16(26)20(14)23(30)32-15/h2-5,7-12,15,17-18,21-22,26-28H,6,13H2,1H3,(H,24,29)/b8-4-,10-9+,11-3+,25-12+/t15?,17?,18?,21-,22+/m1/s1. The molecule has 33 heavy (non-hydrogen) atoms. The van der Waals surface area contributed by atoms with E-state index in [0.717, 1.165) is 0 Å². The van der Waals surface area contributed by atoms with Crippen molar-refractivity contribution in [3.05, 3.63) is 59.8 Å². The van der Waals surface area contributed by atoms with Gasteiger partial charge in [0.05, 0.1) is 12.3 Å². The second-order valence-corrected chi connectivity index (χ2v) is 7.43. The zero-order valence-corrected chi connectivity index (χ0v) is 17.9. The predicted octanol–water partition coefficient (Wildman–Crippen LogP) is 1.03. The molecular weight excluding hydrogens is 432 g/mol. The van der Waals surface area contributed by atoms with Crippen molar-refractivity contribution in [3.63, 3.8) is 0 Å². The number of rotatable bonds is 6. The third-order valence-corrected chi connectivity index (χ3v) is 5.05. The van der Waals surface area contributed by atoms with E-state index in [2.05, 4.69) is 15.3 Å². The van der Waals surface area contributed by atoms with Crippen LogP contribution in [0, 0.1) is 0 Å². The molecule has 0 aliphatic carbocycles. The highest BCUT2D eigenvalue weighted by atomic mass is 16.6. The summed E-state index contributed by atoms with van der Waals surface area (Å²) in [5.41, 5.74) is 0.331. The van der Waals surface area contributed by atoms with Crippen molar-refractivity contribution in [3.8, 4) is 5.75 Å². The van der Waals surface area contributed by atoms with E-state index in [1.807, 2.05) is 0 Å². The third-order valence-electron chi connectivity index (χ3n) is 5.05. The van der Waals surface area contributed by atoms with Crippen LogP contribution in [-0.4, -0.2) is 71.0 Å². The molecule has 0 saturated carbocycles. The summed E-state index contributed by atoms with van der Waals surface area (Å²) in [5.74, 6) is -1.44. The Balaban J connectivity index is 1.72. The number of aromatic hydroxyl groups is 1. The average Bonchev–Trinajstić information content (AvgIpc) is 3.58. The zero-order chi connectivity index (χ0) is 23.8. The van der Waals surface area contributed by atoms with Crippen LogP contribution in [0.4, 0.5) is 0 Å². The number of aliphatic hydroxyl groups excluding tert-OH is 2. The number of amides is 1. The zero-order valence-electron chi connectivity index (χ0n) is 17.9. The summed E-state index contributed by atoms with van der Waals surface area (Å²) in [5, 5.41) is 37.0. The first-order chi connectivity index (χ1) is 15.9. The number of carbonyl (C=O) groups is 2. The molecule has 3 unspecified atom stereocenters. The number of ether oxygens (including phenoxy) is 2. The van der Waals surface area contributed by atoms with Crippen molar-refractivity contribution in [1.82, 2.24) is 5.32 Å². The first-order valence-corrected chi connectivity index (χ1v) is 10.3. The maximum absolute atomic E-state index is 12.8. The number of allylic oxidation sites excluding steroid dienone is 1. The minimum Gasteiger partial charge on any atom is -0.507 e. The van der Waals surface area contributed by atoms with Gasteiger partial charge in [-0.2, -0.15) is 0 Å². The second-order valence-electron chi connectivity index (χ2n) is 7.43. The highest BCUT2D eigenvalue weighted by molar-refractivity contribution is 5.96. The van der Waals surface area contributed by atoms with Crippen LogP contribution in [0.25, 0.3) is 6.08 Å². The summed E-state index contributed by atoms with van der Waals surface area (Å²) < 4.78 is 11.0. The fraction of sp³-hybridized carbons (Fsp3) is 0.348. The lowest BCUT2D eigenvalue weighted by Gasteiger charge is -2.20. The van der Waals surface area contributed by atoms with Crippen LogP contribution in [0.1, 0.15) is 28.8 Å². The van der Waals surface area contributed by atoms with E-state index in [4.69, 9.17) is 9.47 Å². The van der Waals surface area contributed by atoms with E-state index in [1.54, 1.807) is 18.2 Å². The fourth-order valence-electron chi connectivity index (χ4n) is 3.39. The Hall–Kier alpha value is -3.47. The molecule has 2 aliphatic rings. The Morgan fingerprint density at radius 2 is 2.15 bits per heavy atom. The van der Waals surface area contributed by atoms with E-state index in [9.17, 15) is 24.9 Å². The number of hydrogen-bond donors (Lipinski definition) is 4. The topological polar surface area (TPSA) is 150 Å². The normalized spacial score (nSPS) is 28.5. The van der Waals surface area contributed by atoms with Crippen LogP contribution in [0.3, 0.4) is 0 Å². The molecule has 1 amide bonds. The third kappa shape index (κ3) is 6.75. The Bertz CT molecular complexity index is 971. The van der Waals surface area contributed by atoms with Crippen LogP contribution in [0.2, 0.25) is 0 Å².